The van der Waals surface area contributed by atoms with Gasteiger partial charge in [0.25, 0.3) is 5.92 Å². The lowest BCUT2D eigenvalue weighted by Crippen LogP contribution is -2.50. The first kappa shape index (κ1) is 31.4. The molecule has 1 aliphatic rings. The third kappa shape index (κ3) is 7.18. The summed E-state index contributed by atoms with van der Waals surface area (Å²) in [4.78, 5) is 13.3. The number of aryl methyl sites for hydroxylation is 1. The van der Waals surface area contributed by atoms with Crippen molar-refractivity contribution in [3.63, 3.8) is 0 Å². The largest absolute Gasteiger partial charge is 0.437 e. The van der Waals surface area contributed by atoms with Crippen LogP contribution < -0.4 is 20.1 Å². The zero-order chi connectivity index (χ0) is 31.7. The quantitative estimate of drug-likeness (QED) is 0.177. The first-order valence-electron chi connectivity index (χ1n) is 14.0. The Kier molecular flexibility index (Phi) is 8.67. The van der Waals surface area contributed by atoms with Crippen molar-refractivity contribution in [2.45, 2.75) is 51.2 Å². The van der Waals surface area contributed by atoms with E-state index in [1.54, 1.807) is 37.4 Å². The summed E-state index contributed by atoms with van der Waals surface area (Å²) >= 11 is 0. The lowest BCUT2D eigenvalue weighted by molar-refractivity contribution is 0.0219. The van der Waals surface area contributed by atoms with Gasteiger partial charge in [0.15, 0.2) is 0 Å². The fourth-order valence-electron chi connectivity index (χ4n) is 5.06. The van der Waals surface area contributed by atoms with Gasteiger partial charge in [0.2, 0.25) is 21.9 Å². The molecule has 0 saturated carbocycles. The number of hydrogen-bond acceptors (Lipinski definition) is 8. The van der Waals surface area contributed by atoms with Crippen molar-refractivity contribution in [3.8, 4) is 22.9 Å². The molecule has 2 atom stereocenters. The van der Waals surface area contributed by atoms with Crippen LogP contribution in [0.4, 0.5) is 29.2 Å². The van der Waals surface area contributed by atoms with E-state index in [4.69, 9.17) is 4.74 Å². The third-order valence-corrected chi connectivity index (χ3v) is 8.58. The summed E-state index contributed by atoms with van der Waals surface area (Å²) in [5, 5.41) is 6.67. The van der Waals surface area contributed by atoms with Crippen molar-refractivity contribution < 1.29 is 30.7 Å². The first-order valence-corrected chi connectivity index (χ1v) is 15.6. The fraction of sp³-hybridized carbons (Fsp3) is 0.367. The molecule has 0 radical (unpaired) electrons. The number of nitrogens with one attached hydrogen (secondary N) is 3. The zero-order valence-corrected chi connectivity index (χ0v) is 25.1. The van der Waals surface area contributed by atoms with Crippen LogP contribution in [-0.2, 0) is 10.0 Å². The van der Waals surface area contributed by atoms with Crippen molar-refractivity contribution in [1.82, 2.24) is 20.3 Å². The van der Waals surface area contributed by atoms with E-state index in [0.717, 1.165) is 6.07 Å². The van der Waals surface area contributed by atoms with Crippen LogP contribution in [0.1, 0.15) is 32.3 Å². The molecule has 1 aliphatic heterocycles. The number of anilines is 2. The molecule has 1 unspecified atom stereocenters. The Balaban J connectivity index is 1.48. The molecule has 44 heavy (non-hydrogen) atoms. The van der Waals surface area contributed by atoms with E-state index in [2.05, 4.69) is 25.6 Å². The molecular weight excluding hydrogens is 600 g/mol. The van der Waals surface area contributed by atoms with Gasteiger partial charge in [-0.15, -0.1) is 0 Å². The van der Waals surface area contributed by atoms with Gasteiger partial charge in [0, 0.05) is 55.1 Å². The normalized spacial score (nSPS) is 19.1. The van der Waals surface area contributed by atoms with Gasteiger partial charge in [-0.05, 0) is 49.7 Å². The maximum Gasteiger partial charge on any atom is 0.263 e. The molecule has 3 N–H and O–H groups in total. The number of benzene rings is 2. The smallest absolute Gasteiger partial charge is 0.263 e. The average Bonchev–Trinajstić information content (AvgIpc) is 2.95. The standard InChI is InChI=1S/C30H32F4N6O3S/c1-4-30(33,34)17-44(41,42)40-25-20-8-7-18(2)26(21(20)9-10-23(25)31)43-27-22(6-5-12-36-27)24-11-13-37-28(39-24)38-19-14-29(3,32)16-35-15-19/h5-13,19,35,40H,4,14-17H2,1-3H3,(H,37,38,39)/t19?,29-/m0/s1. The molecule has 1 saturated heterocycles. The monoisotopic (exact) mass is 632 g/mol. The van der Waals surface area contributed by atoms with Crippen LogP contribution >= 0.6 is 0 Å². The summed E-state index contributed by atoms with van der Waals surface area (Å²) in [6, 6.07) is 10.4. The van der Waals surface area contributed by atoms with E-state index in [1.807, 2.05) is 4.72 Å². The van der Waals surface area contributed by atoms with Crippen molar-refractivity contribution in [3.05, 3.63) is 66.2 Å². The van der Waals surface area contributed by atoms with Crippen molar-refractivity contribution >= 4 is 32.4 Å². The number of halogens is 4. The van der Waals surface area contributed by atoms with Crippen LogP contribution in [0, 0.1) is 12.7 Å². The second kappa shape index (κ2) is 12.2. The van der Waals surface area contributed by atoms with Crippen LogP contribution in [0.25, 0.3) is 22.0 Å². The summed E-state index contributed by atoms with van der Waals surface area (Å²) < 4.78 is 90.7. The van der Waals surface area contributed by atoms with Gasteiger partial charge in [0.1, 0.15) is 23.0 Å². The number of piperidine rings is 1. The van der Waals surface area contributed by atoms with E-state index in [0.29, 0.717) is 34.7 Å². The number of rotatable bonds is 10. The van der Waals surface area contributed by atoms with E-state index in [1.165, 1.54) is 32.2 Å². The third-order valence-electron chi connectivity index (χ3n) is 7.26. The Labute approximate surface area is 252 Å². The van der Waals surface area contributed by atoms with Crippen LogP contribution in [0.2, 0.25) is 0 Å². The van der Waals surface area contributed by atoms with Crippen LogP contribution in [0.5, 0.6) is 11.6 Å². The van der Waals surface area contributed by atoms with Crippen LogP contribution in [0.3, 0.4) is 0 Å². The number of pyridine rings is 1. The maximum atomic E-state index is 14.9. The predicted molar refractivity (Wildman–Crippen MR) is 161 cm³/mol. The molecule has 234 valence electrons. The number of aromatic nitrogens is 3. The minimum Gasteiger partial charge on any atom is -0.437 e. The first-order chi connectivity index (χ1) is 20.8. The Bertz CT molecular complexity index is 1790. The number of ether oxygens (including phenoxy) is 1. The van der Waals surface area contributed by atoms with Crippen molar-refractivity contribution in [1.29, 1.82) is 0 Å². The van der Waals surface area contributed by atoms with Crippen molar-refractivity contribution in [2.75, 3.05) is 28.9 Å². The zero-order valence-electron chi connectivity index (χ0n) is 24.3. The summed E-state index contributed by atoms with van der Waals surface area (Å²) in [5.41, 5.74) is -0.246. The highest BCUT2D eigenvalue weighted by atomic mass is 32.2. The summed E-state index contributed by atoms with van der Waals surface area (Å²) in [6.45, 7) is 5.27. The van der Waals surface area contributed by atoms with Gasteiger partial charge in [-0.1, -0.05) is 19.1 Å². The highest BCUT2D eigenvalue weighted by Crippen LogP contribution is 2.40. The van der Waals surface area contributed by atoms with Crippen LogP contribution in [-0.4, -0.2) is 59.8 Å². The molecule has 2 aromatic carbocycles. The Morgan fingerprint density at radius 2 is 1.89 bits per heavy atom. The average molecular weight is 633 g/mol. The van der Waals surface area contributed by atoms with Gasteiger partial charge in [0.05, 0.1) is 16.9 Å². The second-order valence-electron chi connectivity index (χ2n) is 11.1. The lowest BCUT2D eigenvalue weighted by Gasteiger charge is -2.33. The fourth-order valence-corrected chi connectivity index (χ4v) is 6.41. The topological polar surface area (TPSA) is 118 Å². The minimum absolute atomic E-state index is 0.112. The molecule has 2 aromatic heterocycles. The Morgan fingerprint density at radius 1 is 1.11 bits per heavy atom. The van der Waals surface area contributed by atoms with E-state index < -0.39 is 45.3 Å². The van der Waals surface area contributed by atoms with Gasteiger partial charge >= 0.3 is 0 Å². The molecule has 0 amide bonds. The Morgan fingerprint density at radius 3 is 2.64 bits per heavy atom. The number of alkyl halides is 3. The predicted octanol–water partition coefficient (Wildman–Crippen LogP) is 6.22. The highest BCUT2D eigenvalue weighted by molar-refractivity contribution is 7.92. The van der Waals surface area contributed by atoms with Gasteiger partial charge in [-0.3, -0.25) is 4.72 Å². The summed E-state index contributed by atoms with van der Waals surface area (Å²) in [7, 11) is -4.60. The molecule has 1 fully saturated rings. The maximum absolute atomic E-state index is 14.9. The highest BCUT2D eigenvalue weighted by Gasteiger charge is 2.34. The van der Waals surface area contributed by atoms with E-state index >= 15 is 0 Å². The van der Waals surface area contributed by atoms with Crippen molar-refractivity contribution in [2.24, 2.45) is 0 Å². The van der Waals surface area contributed by atoms with Gasteiger partial charge in [-0.2, -0.15) is 0 Å². The molecule has 0 spiro atoms. The number of sulfonamides is 1. The SMILES string of the molecule is CCC(F)(F)CS(=O)(=O)Nc1c(F)ccc2c(Oc3ncccc3-c3ccnc(NC4CNC[C@@](C)(F)C4)n3)c(C)ccc12. The second-order valence-corrected chi connectivity index (χ2v) is 12.8. The minimum atomic E-state index is -4.60. The van der Waals surface area contributed by atoms with Gasteiger partial charge in [-0.25, -0.2) is 40.9 Å². The lowest BCUT2D eigenvalue weighted by atomic mass is 9.95. The van der Waals surface area contributed by atoms with E-state index in [9.17, 15) is 26.0 Å². The summed E-state index contributed by atoms with van der Waals surface area (Å²) in [5.74, 6) is -5.20. The van der Waals surface area contributed by atoms with E-state index in [-0.39, 0.29) is 36.0 Å². The molecule has 0 aliphatic carbocycles. The number of hydrogen-bond donors (Lipinski definition) is 3. The molecule has 4 aromatic rings. The molecule has 9 nitrogen and oxygen atoms in total. The molecule has 5 rings (SSSR count). The van der Waals surface area contributed by atoms with Gasteiger partial charge < -0.3 is 15.4 Å². The van der Waals surface area contributed by atoms with Crippen LogP contribution in [0.15, 0.2) is 54.9 Å². The molecular formula is C30H32F4N6O3S. The number of nitrogens with zero attached hydrogens (tertiary/aromatic N) is 3. The molecule has 3 heterocycles. The molecule has 0 bridgehead atoms. The number of fused-ring (bicyclic) bond motifs is 1. The molecule has 14 heteroatoms. The Hall–Kier alpha value is -4.04. The summed E-state index contributed by atoms with van der Waals surface area (Å²) in [6.07, 6.45) is 2.67.